The summed E-state index contributed by atoms with van der Waals surface area (Å²) in [6, 6.07) is 5.52. The average Bonchev–Trinajstić information content (AvgIpc) is 3.23. The third-order valence-electron chi connectivity index (χ3n) is 4.65. The molecule has 3 aromatic rings. The molecule has 0 spiro atoms. The Labute approximate surface area is 133 Å². The van der Waals surface area contributed by atoms with Crippen LogP contribution in [0.4, 0.5) is 0 Å². The van der Waals surface area contributed by atoms with Gasteiger partial charge in [-0.3, -0.25) is 0 Å². The molecule has 0 radical (unpaired) electrons. The van der Waals surface area contributed by atoms with E-state index in [1.807, 2.05) is 12.1 Å². The molecular weight excluding hydrogens is 348 g/mol. The molecule has 2 N–H and O–H groups in total. The summed E-state index contributed by atoms with van der Waals surface area (Å²) in [4.78, 5) is 0. The van der Waals surface area contributed by atoms with Gasteiger partial charge in [0.25, 0.3) is 0 Å². The zero-order valence-electron chi connectivity index (χ0n) is 11.3. The van der Waals surface area contributed by atoms with Gasteiger partial charge in [0.15, 0.2) is 11.4 Å². The number of hydrogen-bond acceptors (Lipinski definition) is 4. The zero-order valence-corrected chi connectivity index (χ0v) is 12.9. The Morgan fingerprint density at radius 3 is 2.50 bits per heavy atom. The van der Waals surface area contributed by atoms with Gasteiger partial charge >= 0.3 is 0 Å². The van der Waals surface area contributed by atoms with Crippen molar-refractivity contribution >= 4 is 26.9 Å². The fourth-order valence-corrected chi connectivity index (χ4v) is 4.06. The molecule has 5 rings (SSSR count). The summed E-state index contributed by atoms with van der Waals surface area (Å²) in [6.45, 7) is 0. The first-order valence-electron chi connectivity index (χ1n) is 7.05. The summed E-state index contributed by atoms with van der Waals surface area (Å²) in [5.74, 6) is 0.869. The highest BCUT2D eigenvalue weighted by Crippen LogP contribution is 2.57. The van der Waals surface area contributed by atoms with E-state index in [-0.39, 0.29) is 23.6 Å². The van der Waals surface area contributed by atoms with Crippen LogP contribution < -0.4 is 0 Å². The topological polar surface area (TPSA) is 71.4 Å². The van der Waals surface area contributed by atoms with Gasteiger partial charge in [0.1, 0.15) is 0 Å². The monoisotopic (exact) mass is 358 g/mol. The van der Waals surface area contributed by atoms with Crippen LogP contribution in [0.1, 0.15) is 29.4 Å². The van der Waals surface area contributed by atoms with Gasteiger partial charge < -0.3 is 14.7 Å². The first-order chi connectivity index (χ1) is 10.6. The molecule has 1 aromatic carbocycles. The maximum atomic E-state index is 10.6. The molecule has 2 atom stereocenters. The molecule has 110 valence electrons. The Balaban J connectivity index is 1.82. The zero-order chi connectivity index (χ0) is 15.0. The predicted octanol–water partition coefficient (Wildman–Crippen LogP) is 3.93. The first-order valence-corrected chi connectivity index (χ1v) is 7.84. The number of rotatable bonds is 1. The lowest BCUT2D eigenvalue weighted by Crippen LogP contribution is -1.96. The summed E-state index contributed by atoms with van der Waals surface area (Å²) in [5, 5.41) is 26.0. The number of allylic oxidation sites excluding steroid dienone is 2. The van der Waals surface area contributed by atoms with Crippen molar-refractivity contribution in [1.29, 1.82) is 0 Å². The van der Waals surface area contributed by atoms with E-state index < -0.39 is 0 Å². The molecule has 6 heteroatoms. The Morgan fingerprint density at radius 1 is 1.14 bits per heavy atom. The second kappa shape index (κ2) is 3.95. The highest BCUT2D eigenvalue weighted by atomic mass is 79.9. The van der Waals surface area contributed by atoms with Crippen molar-refractivity contribution in [2.75, 3.05) is 0 Å². The summed E-state index contributed by atoms with van der Waals surface area (Å²) in [6.07, 6.45) is 5.11. The van der Waals surface area contributed by atoms with Crippen molar-refractivity contribution in [3.63, 3.8) is 0 Å². The lowest BCUT2D eigenvalue weighted by molar-refractivity contribution is 0.384. The van der Waals surface area contributed by atoms with E-state index in [0.29, 0.717) is 11.4 Å². The van der Waals surface area contributed by atoms with E-state index in [9.17, 15) is 10.2 Å². The van der Waals surface area contributed by atoms with Crippen molar-refractivity contribution in [3.8, 4) is 17.6 Å². The quantitative estimate of drug-likeness (QED) is 0.646. The van der Waals surface area contributed by atoms with Gasteiger partial charge in [-0.1, -0.05) is 33.2 Å². The van der Waals surface area contributed by atoms with Crippen LogP contribution in [0.5, 0.6) is 11.8 Å². The van der Waals surface area contributed by atoms with Crippen LogP contribution in [-0.2, 0) is 0 Å². The van der Waals surface area contributed by atoms with E-state index in [4.69, 9.17) is 4.52 Å². The van der Waals surface area contributed by atoms with E-state index >= 15 is 0 Å². The molecule has 2 heterocycles. The number of halogens is 1. The Morgan fingerprint density at radius 2 is 1.82 bits per heavy atom. The average molecular weight is 359 g/mol. The van der Waals surface area contributed by atoms with Gasteiger partial charge in [0, 0.05) is 27.4 Å². The largest absolute Gasteiger partial charge is 0.494 e. The van der Waals surface area contributed by atoms with E-state index in [1.165, 1.54) is 4.57 Å². The van der Waals surface area contributed by atoms with Gasteiger partial charge in [-0.25, -0.2) is 4.57 Å². The molecule has 0 saturated heterocycles. The Bertz CT molecular complexity index is 934. The SMILES string of the molecule is Oc1c2c(c(O)n1-c1noc3ccc(Br)cc13)[C@H]1C=C[C@@H]2C1. The molecule has 2 aliphatic rings. The molecule has 2 bridgehead atoms. The Kier molecular flexibility index (Phi) is 2.22. The fraction of sp³-hybridized carbons (Fsp3) is 0.188. The van der Waals surface area contributed by atoms with Gasteiger partial charge in [-0.15, -0.1) is 0 Å². The Hall–Kier alpha value is -2.21. The third-order valence-corrected chi connectivity index (χ3v) is 5.14. The fourth-order valence-electron chi connectivity index (χ4n) is 3.70. The van der Waals surface area contributed by atoms with Gasteiger partial charge in [0.05, 0.1) is 5.39 Å². The van der Waals surface area contributed by atoms with Crippen molar-refractivity contribution in [3.05, 3.63) is 46.0 Å². The van der Waals surface area contributed by atoms with Gasteiger partial charge in [0.2, 0.25) is 11.8 Å². The molecule has 0 amide bonds. The summed E-state index contributed by atoms with van der Waals surface area (Å²) in [7, 11) is 0. The third kappa shape index (κ3) is 1.36. The molecule has 0 fully saturated rings. The lowest BCUT2D eigenvalue weighted by Gasteiger charge is -2.06. The number of aromatic hydroxyl groups is 2. The minimum atomic E-state index is 0.0551. The van der Waals surface area contributed by atoms with Crippen LogP contribution in [0.2, 0.25) is 0 Å². The normalized spacial score (nSPS) is 21.9. The van der Waals surface area contributed by atoms with Crippen LogP contribution in [0.3, 0.4) is 0 Å². The summed E-state index contributed by atoms with van der Waals surface area (Å²) < 4.78 is 7.57. The summed E-state index contributed by atoms with van der Waals surface area (Å²) >= 11 is 3.42. The van der Waals surface area contributed by atoms with Crippen LogP contribution in [0.25, 0.3) is 16.8 Å². The maximum absolute atomic E-state index is 10.6. The summed E-state index contributed by atoms with van der Waals surface area (Å²) in [5.41, 5.74) is 2.24. The van der Waals surface area contributed by atoms with E-state index in [2.05, 4.69) is 33.2 Å². The number of hydrogen-bond donors (Lipinski definition) is 2. The number of aromatic nitrogens is 2. The van der Waals surface area contributed by atoms with Crippen LogP contribution >= 0.6 is 15.9 Å². The van der Waals surface area contributed by atoms with Crippen molar-refractivity contribution in [2.45, 2.75) is 18.3 Å². The first kappa shape index (κ1) is 12.3. The minimum absolute atomic E-state index is 0.0551. The maximum Gasteiger partial charge on any atom is 0.204 e. The van der Waals surface area contributed by atoms with Crippen LogP contribution in [-0.4, -0.2) is 19.9 Å². The van der Waals surface area contributed by atoms with Gasteiger partial charge in [-0.05, 0) is 24.6 Å². The molecule has 0 unspecified atom stereocenters. The van der Waals surface area contributed by atoms with Crippen LogP contribution in [0, 0.1) is 0 Å². The molecule has 22 heavy (non-hydrogen) atoms. The highest BCUT2D eigenvalue weighted by Gasteiger charge is 2.41. The van der Waals surface area contributed by atoms with Gasteiger partial charge in [-0.2, -0.15) is 0 Å². The van der Waals surface area contributed by atoms with Crippen molar-refractivity contribution in [2.24, 2.45) is 0 Å². The molecule has 2 aliphatic carbocycles. The molecular formula is C16H11BrN2O3. The molecule has 5 nitrogen and oxygen atoms in total. The molecule has 2 aromatic heterocycles. The standard InChI is InChI=1S/C16H11BrN2O3/c17-9-3-4-11-10(6-9)14(18-22-11)19-15(20)12-7-1-2-8(5-7)13(12)16(19)21/h1-4,6-8,20-21H,5H2/t7-,8+. The van der Waals surface area contributed by atoms with Crippen molar-refractivity contribution in [1.82, 2.24) is 9.72 Å². The number of fused-ring (bicyclic) bond motifs is 6. The second-order valence-electron chi connectivity index (χ2n) is 5.79. The number of benzene rings is 1. The predicted molar refractivity (Wildman–Crippen MR) is 83.6 cm³/mol. The van der Waals surface area contributed by atoms with E-state index in [1.54, 1.807) is 6.07 Å². The number of nitrogens with zero attached hydrogens (tertiary/aromatic N) is 2. The lowest BCUT2D eigenvalue weighted by atomic mass is 10.0. The highest BCUT2D eigenvalue weighted by molar-refractivity contribution is 9.10. The molecule has 0 aliphatic heterocycles. The minimum Gasteiger partial charge on any atom is -0.494 e. The second-order valence-corrected chi connectivity index (χ2v) is 6.71. The van der Waals surface area contributed by atoms with E-state index in [0.717, 1.165) is 27.4 Å². The molecule has 0 saturated carbocycles. The smallest absolute Gasteiger partial charge is 0.204 e. The van der Waals surface area contributed by atoms with Crippen LogP contribution in [0.15, 0.2) is 39.3 Å². The van der Waals surface area contributed by atoms with Crippen molar-refractivity contribution < 1.29 is 14.7 Å².